The van der Waals surface area contributed by atoms with Crippen molar-refractivity contribution in [3.63, 3.8) is 0 Å². The van der Waals surface area contributed by atoms with Crippen molar-refractivity contribution in [2.45, 2.75) is 44.1 Å². The monoisotopic (exact) mass is 195 g/mol. The summed E-state index contributed by atoms with van der Waals surface area (Å²) in [4.78, 5) is 11.3. The molecule has 0 unspecified atom stereocenters. The van der Waals surface area contributed by atoms with Gasteiger partial charge >= 0.3 is 0 Å². The fourth-order valence-electron chi connectivity index (χ4n) is 1.95. The van der Waals surface area contributed by atoms with Gasteiger partial charge in [-0.3, -0.25) is 4.79 Å². The van der Waals surface area contributed by atoms with E-state index in [9.17, 15) is 4.79 Å². The van der Waals surface area contributed by atoms with Crippen LogP contribution in [0.2, 0.25) is 0 Å². The highest BCUT2D eigenvalue weighted by atomic mass is 16.1. The zero-order chi connectivity index (χ0) is 10.4. The Balaban J connectivity index is 2.34. The van der Waals surface area contributed by atoms with Crippen molar-refractivity contribution in [2.75, 3.05) is 6.54 Å². The third kappa shape index (κ3) is 3.35. The van der Waals surface area contributed by atoms with Gasteiger partial charge in [0.25, 0.3) is 0 Å². The van der Waals surface area contributed by atoms with Gasteiger partial charge in [0.15, 0.2) is 0 Å². The van der Waals surface area contributed by atoms with Crippen LogP contribution in [0, 0.1) is 11.3 Å². The van der Waals surface area contributed by atoms with E-state index in [0.29, 0.717) is 6.42 Å². The normalized spacial score (nSPS) is 19.7. The predicted octanol–water partition coefficient (Wildman–Crippen LogP) is 0.678. The zero-order valence-corrected chi connectivity index (χ0v) is 8.38. The molecule has 0 atom stereocenters. The Morgan fingerprint density at radius 1 is 1.43 bits per heavy atom. The molecule has 1 rings (SSSR count). The van der Waals surface area contributed by atoms with Crippen LogP contribution in [0.3, 0.4) is 0 Å². The maximum absolute atomic E-state index is 11.3. The lowest BCUT2D eigenvalue weighted by molar-refractivity contribution is -0.122. The van der Waals surface area contributed by atoms with E-state index < -0.39 is 0 Å². The number of hydrogen-bond donors (Lipinski definition) is 2. The number of amides is 1. The second-order valence-corrected chi connectivity index (χ2v) is 4.03. The van der Waals surface area contributed by atoms with Gasteiger partial charge in [-0.2, -0.15) is 5.26 Å². The molecule has 0 aromatic carbocycles. The van der Waals surface area contributed by atoms with Crippen molar-refractivity contribution in [3.05, 3.63) is 0 Å². The number of carbonyl (C=O) groups is 1. The average molecular weight is 195 g/mol. The van der Waals surface area contributed by atoms with E-state index in [1.165, 1.54) is 6.42 Å². The smallest absolute Gasteiger partial charge is 0.222 e. The van der Waals surface area contributed by atoms with Gasteiger partial charge in [-0.15, -0.1) is 0 Å². The summed E-state index contributed by atoms with van der Waals surface area (Å²) in [5, 5.41) is 10.8. The van der Waals surface area contributed by atoms with Crippen LogP contribution in [-0.4, -0.2) is 18.0 Å². The third-order valence-corrected chi connectivity index (χ3v) is 2.73. The van der Waals surface area contributed by atoms with E-state index in [0.717, 1.165) is 25.7 Å². The van der Waals surface area contributed by atoms with Crippen molar-refractivity contribution in [3.8, 4) is 6.07 Å². The highest BCUT2D eigenvalue weighted by molar-refractivity contribution is 5.77. The summed E-state index contributed by atoms with van der Waals surface area (Å²) in [6.45, 7) is 0.0783. The van der Waals surface area contributed by atoms with Crippen LogP contribution >= 0.6 is 0 Å². The minimum Gasteiger partial charge on any atom is -0.343 e. The molecule has 1 fully saturated rings. The third-order valence-electron chi connectivity index (χ3n) is 2.73. The standard InChI is InChI=1S/C10H17N3O/c11-6-7-13-9(14)8-10(12)4-2-1-3-5-10/h1-5,7-8,12H2,(H,13,14). The Hall–Kier alpha value is -1.08. The van der Waals surface area contributed by atoms with E-state index in [1.54, 1.807) is 0 Å². The molecule has 3 N–H and O–H groups in total. The van der Waals surface area contributed by atoms with Crippen LogP contribution in [0.15, 0.2) is 0 Å². The quantitative estimate of drug-likeness (QED) is 0.650. The van der Waals surface area contributed by atoms with Crippen LogP contribution in [0.5, 0.6) is 0 Å². The first-order valence-corrected chi connectivity index (χ1v) is 5.09. The molecule has 0 radical (unpaired) electrons. The van der Waals surface area contributed by atoms with Crippen molar-refractivity contribution in [1.29, 1.82) is 5.26 Å². The van der Waals surface area contributed by atoms with E-state index >= 15 is 0 Å². The van der Waals surface area contributed by atoms with Gasteiger partial charge in [0.2, 0.25) is 5.91 Å². The average Bonchev–Trinajstić information content (AvgIpc) is 2.15. The van der Waals surface area contributed by atoms with Crippen molar-refractivity contribution >= 4 is 5.91 Å². The molecular weight excluding hydrogens is 178 g/mol. The number of nitrogens with two attached hydrogens (primary N) is 1. The number of nitrogens with one attached hydrogen (secondary N) is 1. The minimum absolute atomic E-state index is 0.0783. The van der Waals surface area contributed by atoms with Crippen LogP contribution in [0.4, 0.5) is 0 Å². The topological polar surface area (TPSA) is 78.9 Å². The summed E-state index contributed by atoms with van der Waals surface area (Å²) in [7, 11) is 0. The molecule has 0 aromatic rings. The summed E-state index contributed by atoms with van der Waals surface area (Å²) in [5.41, 5.74) is 5.77. The Morgan fingerprint density at radius 2 is 2.07 bits per heavy atom. The molecule has 0 spiro atoms. The number of nitrogens with zero attached hydrogens (tertiary/aromatic N) is 1. The molecule has 1 aliphatic carbocycles. The molecule has 0 aliphatic heterocycles. The fourth-order valence-corrected chi connectivity index (χ4v) is 1.95. The van der Waals surface area contributed by atoms with E-state index in [4.69, 9.17) is 11.0 Å². The van der Waals surface area contributed by atoms with Gasteiger partial charge in [-0.1, -0.05) is 19.3 Å². The lowest BCUT2D eigenvalue weighted by Gasteiger charge is -2.32. The summed E-state index contributed by atoms with van der Waals surface area (Å²) in [5.74, 6) is -0.101. The number of carbonyl (C=O) groups excluding carboxylic acids is 1. The van der Waals surface area contributed by atoms with Crippen LogP contribution < -0.4 is 11.1 Å². The summed E-state index contributed by atoms with van der Waals surface area (Å²) in [6, 6.07) is 1.88. The number of hydrogen-bond acceptors (Lipinski definition) is 3. The summed E-state index contributed by atoms with van der Waals surface area (Å²) in [6.07, 6.45) is 5.65. The van der Waals surface area contributed by atoms with Crippen LogP contribution in [0.25, 0.3) is 0 Å². The zero-order valence-electron chi connectivity index (χ0n) is 8.38. The Labute approximate surface area is 84.5 Å². The van der Waals surface area contributed by atoms with Gasteiger partial charge in [0.05, 0.1) is 6.07 Å². The van der Waals surface area contributed by atoms with Crippen molar-refractivity contribution in [2.24, 2.45) is 5.73 Å². The SMILES string of the molecule is N#CCNC(=O)CC1(N)CCCCC1. The summed E-state index contributed by atoms with van der Waals surface area (Å²) < 4.78 is 0. The molecule has 1 saturated carbocycles. The first-order valence-electron chi connectivity index (χ1n) is 5.09. The van der Waals surface area contributed by atoms with Gasteiger partial charge in [-0.05, 0) is 12.8 Å². The molecule has 78 valence electrons. The number of rotatable bonds is 3. The first kappa shape index (κ1) is 11.0. The molecule has 4 nitrogen and oxygen atoms in total. The molecule has 1 amide bonds. The Bertz CT molecular complexity index is 238. The maximum Gasteiger partial charge on any atom is 0.222 e. The Morgan fingerprint density at radius 3 is 2.64 bits per heavy atom. The molecule has 4 heteroatoms. The van der Waals surface area contributed by atoms with Crippen molar-refractivity contribution < 1.29 is 4.79 Å². The minimum atomic E-state index is -0.322. The highest BCUT2D eigenvalue weighted by Crippen LogP contribution is 2.28. The molecule has 1 aliphatic rings. The Kier molecular flexibility index (Phi) is 3.90. The van der Waals surface area contributed by atoms with Crippen LogP contribution in [-0.2, 0) is 4.79 Å². The first-order chi connectivity index (χ1) is 6.66. The molecule has 0 bridgehead atoms. The highest BCUT2D eigenvalue weighted by Gasteiger charge is 2.29. The number of nitriles is 1. The molecular formula is C10H17N3O. The molecule has 0 aromatic heterocycles. The lowest BCUT2D eigenvalue weighted by Crippen LogP contribution is -2.46. The van der Waals surface area contributed by atoms with Gasteiger partial charge in [-0.25, -0.2) is 0 Å². The predicted molar refractivity (Wildman–Crippen MR) is 53.2 cm³/mol. The second kappa shape index (κ2) is 4.97. The van der Waals surface area contributed by atoms with E-state index in [2.05, 4.69) is 5.32 Å². The molecule has 0 saturated heterocycles. The molecule has 14 heavy (non-hydrogen) atoms. The summed E-state index contributed by atoms with van der Waals surface area (Å²) >= 11 is 0. The van der Waals surface area contributed by atoms with Gasteiger partial charge < -0.3 is 11.1 Å². The second-order valence-electron chi connectivity index (χ2n) is 4.03. The van der Waals surface area contributed by atoms with Crippen LogP contribution in [0.1, 0.15) is 38.5 Å². The largest absolute Gasteiger partial charge is 0.343 e. The lowest BCUT2D eigenvalue weighted by atomic mass is 9.80. The maximum atomic E-state index is 11.3. The van der Waals surface area contributed by atoms with Gasteiger partial charge in [0.1, 0.15) is 6.54 Å². The van der Waals surface area contributed by atoms with Crippen molar-refractivity contribution in [1.82, 2.24) is 5.32 Å². The van der Waals surface area contributed by atoms with Gasteiger partial charge in [0, 0.05) is 12.0 Å². The van der Waals surface area contributed by atoms with E-state index in [1.807, 2.05) is 6.07 Å². The molecule has 0 heterocycles. The van der Waals surface area contributed by atoms with E-state index in [-0.39, 0.29) is 18.0 Å². The fraction of sp³-hybridized carbons (Fsp3) is 0.800.